The standard InChI is InChI=1S/C11H18O3/c1-3-5-10(12)13-8-6-11(4-2)7-9-14-11/h3,5H,4,6-9H2,1-2H3. The average molecular weight is 198 g/mol. The zero-order chi connectivity index (χ0) is 10.4. The molecule has 0 aromatic rings. The van der Waals surface area contributed by atoms with Gasteiger partial charge in [-0.3, -0.25) is 0 Å². The average Bonchev–Trinajstić information content (AvgIpc) is 2.10. The van der Waals surface area contributed by atoms with Gasteiger partial charge in [0, 0.05) is 12.5 Å². The second-order valence-electron chi connectivity index (χ2n) is 3.55. The van der Waals surface area contributed by atoms with Gasteiger partial charge in [-0.05, 0) is 19.8 Å². The third-order valence-corrected chi connectivity index (χ3v) is 2.72. The summed E-state index contributed by atoms with van der Waals surface area (Å²) in [4.78, 5) is 11.0. The minimum Gasteiger partial charge on any atom is -0.462 e. The van der Waals surface area contributed by atoms with Crippen LogP contribution in [0.4, 0.5) is 0 Å². The Labute approximate surface area is 85.1 Å². The smallest absolute Gasteiger partial charge is 0.330 e. The molecule has 1 rings (SSSR count). The summed E-state index contributed by atoms with van der Waals surface area (Å²) in [5.41, 5.74) is -0.00376. The van der Waals surface area contributed by atoms with Crippen LogP contribution in [0.5, 0.6) is 0 Å². The highest BCUT2D eigenvalue weighted by Crippen LogP contribution is 2.33. The first-order valence-corrected chi connectivity index (χ1v) is 5.16. The van der Waals surface area contributed by atoms with E-state index in [9.17, 15) is 4.79 Å². The van der Waals surface area contributed by atoms with Crippen LogP contribution in [-0.2, 0) is 14.3 Å². The number of carbonyl (C=O) groups excluding carboxylic acids is 1. The van der Waals surface area contributed by atoms with E-state index < -0.39 is 0 Å². The van der Waals surface area contributed by atoms with E-state index in [1.54, 1.807) is 13.0 Å². The van der Waals surface area contributed by atoms with Gasteiger partial charge in [-0.2, -0.15) is 0 Å². The van der Waals surface area contributed by atoms with Crippen molar-refractivity contribution in [3.8, 4) is 0 Å². The molecule has 1 aliphatic heterocycles. The fourth-order valence-corrected chi connectivity index (χ4v) is 1.57. The quantitative estimate of drug-likeness (QED) is 0.501. The second kappa shape index (κ2) is 5.15. The molecule has 0 aromatic heterocycles. The third-order valence-electron chi connectivity index (χ3n) is 2.72. The Morgan fingerprint density at radius 2 is 2.36 bits per heavy atom. The number of rotatable bonds is 5. The molecular formula is C11H18O3. The van der Waals surface area contributed by atoms with E-state index in [2.05, 4.69) is 6.92 Å². The van der Waals surface area contributed by atoms with Crippen LogP contribution >= 0.6 is 0 Å². The van der Waals surface area contributed by atoms with Crippen molar-refractivity contribution < 1.29 is 14.3 Å². The van der Waals surface area contributed by atoms with Crippen molar-refractivity contribution >= 4 is 5.97 Å². The summed E-state index contributed by atoms with van der Waals surface area (Å²) in [7, 11) is 0. The maximum atomic E-state index is 11.0. The zero-order valence-corrected chi connectivity index (χ0v) is 8.91. The van der Waals surface area contributed by atoms with E-state index in [-0.39, 0.29) is 11.6 Å². The van der Waals surface area contributed by atoms with Gasteiger partial charge >= 0.3 is 5.97 Å². The summed E-state index contributed by atoms with van der Waals surface area (Å²) < 4.78 is 10.5. The lowest BCUT2D eigenvalue weighted by atomic mass is 9.89. The number of ether oxygens (including phenoxy) is 2. The fourth-order valence-electron chi connectivity index (χ4n) is 1.57. The highest BCUT2D eigenvalue weighted by molar-refractivity contribution is 5.81. The molecule has 0 radical (unpaired) electrons. The highest BCUT2D eigenvalue weighted by atomic mass is 16.5. The molecule has 3 nitrogen and oxygen atoms in total. The Bertz CT molecular complexity index is 211. The molecule has 1 fully saturated rings. The maximum absolute atomic E-state index is 11.0. The predicted octanol–water partition coefficient (Wildman–Crippen LogP) is 2.06. The molecule has 1 aliphatic rings. The minimum absolute atomic E-state index is 0.00376. The molecule has 1 unspecified atom stereocenters. The monoisotopic (exact) mass is 198 g/mol. The van der Waals surface area contributed by atoms with Crippen molar-refractivity contribution in [1.82, 2.24) is 0 Å². The van der Waals surface area contributed by atoms with Crippen molar-refractivity contribution in [2.45, 2.75) is 38.7 Å². The molecule has 0 aromatic carbocycles. The van der Waals surface area contributed by atoms with Crippen molar-refractivity contribution in [2.24, 2.45) is 0 Å². The second-order valence-corrected chi connectivity index (χ2v) is 3.55. The van der Waals surface area contributed by atoms with Crippen molar-refractivity contribution in [3.05, 3.63) is 12.2 Å². The molecule has 0 aliphatic carbocycles. The first-order chi connectivity index (χ1) is 6.72. The lowest BCUT2D eigenvalue weighted by Crippen LogP contribution is -2.44. The molecule has 1 atom stereocenters. The summed E-state index contributed by atoms with van der Waals surface area (Å²) in [5.74, 6) is -0.266. The Kier molecular flexibility index (Phi) is 4.14. The molecule has 0 spiro atoms. The minimum atomic E-state index is -0.266. The van der Waals surface area contributed by atoms with Crippen LogP contribution in [0.3, 0.4) is 0 Å². The van der Waals surface area contributed by atoms with Gasteiger partial charge in [-0.1, -0.05) is 13.0 Å². The SMILES string of the molecule is CC=CC(=O)OCCC1(CC)CCO1. The Morgan fingerprint density at radius 1 is 1.64 bits per heavy atom. The van der Waals surface area contributed by atoms with E-state index in [0.29, 0.717) is 6.61 Å². The van der Waals surface area contributed by atoms with Gasteiger partial charge in [-0.15, -0.1) is 0 Å². The summed E-state index contributed by atoms with van der Waals surface area (Å²) in [6.45, 7) is 5.20. The van der Waals surface area contributed by atoms with Gasteiger partial charge in [0.2, 0.25) is 0 Å². The molecule has 3 heteroatoms. The van der Waals surface area contributed by atoms with E-state index in [0.717, 1.165) is 25.9 Å². The summed E-state index contributed by atoms with van der Waals surface area (Å²) in [5, 5.41) is 0. The van der Waals surface area contributed by atoms with Gasteiger partial charge in [0.1, 0.15) is 0 Å². The van der Waals surface area contributed by atoms with Crippen LogP contribution in [-0.4, -0.2) is 24.8 Å². The van der Waals surface area contributed by atoms with Crippen LogP contribution in [0.15, 0.2) is 12.2 Å². The Hall–Kier alpha value is -0.830. The first-order valence-electron chi connectivity index (χ1n) is 5.16. The van der Waals surface area contributed by atoms with E-state index in [4.69, 9.17) is 9.47 Å². The van der Waals surface area contributed by atoms with E-state index in [1.807, 2.05) is 0 Å². The molecule has 0 bridgehead atoms. The number of allylic oxidation sites excluding steroid dienone is 1. The number of esters is 1. The molecule has 80 valence electrons. The molecule has 0 amide bonds. The maximum Gasteiger partial charge on any atom is 0.330 e. The lowest BCUT2D eigenvalue weighted by molar-refractivity contribution is -0.164. The number of hydrogen-bond acceptors (Lipinski definition) is 3. The predicted molar refractivity (Wildman–Crippen MR) is 54.0 cm³/mol. The molecule has 1 heterocycles. The van der Waals surface area contributed by atoms with Crippen LogP contribution in [0.2, 0.25) is 0 Å². The van der Waals surface area contributed by atoms with Crippen molar-refractivity contribution in [3.63, 3.8) is 0 Å². The molecule has 0 saturated carbocycles. The van der Waals surface area contributed by atoms with Crippen molar-refractivity contribution in [2.75, 3.05) is 13.2 Å². The summed E-state index contributed by atoms with van der Waals surface area (Å²) in [6.07, 6.45) is 6.00. The van der Waals surface area contributed by atoms with Gasteiger partial charge in [-0.25, -0.2) is 4.79 Å². The number of carbonyl (C=O) groups is 1. The van der Waals surface area contributed by atoms with Crippen molar-refractivity contribution in [1.29, 1.82) is 0 Å². The summed E-state index contributed by atoms with van der Waals surface area (Å²) >= 11 is 0. The summed E-state index contributed by atoms with van der Waals surface area (Å²) in [6, 6.07) is 0. The molecular weight excluding hydrogens is 180 g/mol. The van der Waals surface area contributed by atoms with Crippen LogP contribution in [0.25, 0.3) is 0 Å². The largest absolute Gasteiger partial charge is 0.462 e. The lowest BCUT2D eigenvalue weighted by Gasteiger charge is -2.41. The Balaban J connectivity index is 2.17. The van der Waals surface area contributed by atoms with Crippen LogP contribution in [0.1, 0.15) is 33.1 Å². The highest BCUT2D eigenvalue weighted by Gasteiger charge is 2.36. The van der Waals surface area contributed by atoms with Gasteiger partial charge < -0.3 is 9.47 Å². The fraction of sp³-hybridized carbons (Fsp3) is 0.727. The van der Waals surface area contributed by atoms with Crippen LogP contribution in [0, 0.1) is 0 Å². The normalized spacial score (nSPS) is 26.1. The third kappa shape index (κ3) is 2.84. The zero-order valence-electron chi connectivity index (χ0n) is 8.91. The molecule has 14 heavy (non-hydrogen) atoms. The van der Waals surface area contributed by atoms with E-state index >= 15 is 0 Å². The van der Waals surface area contributed by atoms with Gasteiger partial charge in [0.05, 0.1) is 18.8 Å². The number of hydrogen-bond donors (Lipinski definition) is 0. The molecule has 0 N–H and O–H groups in total. The van der Waals surface area contributed by atoms with Crippen LogP contribution < -0.4 is 0 Å². The first kappa shape index (κ1) is 11.2. The topological polar surface area (TPSA) is 35.5 Å². The van der Waals surface area contributed by atoms with E-state index in [1.165, 1.54) is 6.08 Å². The Morgan fingerprint density at radius 3 is 2.79 bits per heavy atom. The molecule has 1 saturated heterocycles. The van der Waals surface area contributed by atoms with Gasteiger partial charge in [0.25, 0.3) is 0 Å². The van der Waals surface area contributed by atoms with Gasteiger partial charge in [0.15, 0.2) is 0 Å².